The first-order valence-electron chi connectivity index (χ1n) is 8.18. The van der Waals surface area contributed by atoms with E-state index in [1.54, 1.807) is 47.8 Å². The van der Waals surface area contributed by atoms with Crippen LogP contribution in [0.3, 0.4) is 0 Å². The number of hydrogen-bond acceptors (Lipinski definition) is 6. The maximum Gasteiger partial charge on any atom is 0.233 e. The Hall–Kier alpha value is -2.84. The lowest BCUT2D eigenvalue weighted by Crippen LogP contribution is -1.85. The van der Waals surface area contributed by atoms with E-state index in [2.05, 4.69) is 19.9 Å². The largest absolute Gasteiger partial charge is 0.291 e. The summed E-state index contributed by atoms with van der Waals surface area (Å²) in [6, 6.07) is 10.4. The predicted molar refractivity (Wildman–Crippen MR) is 105 cm³/mol. The molecule has 0 spiro atoms. The zero-order valence-electron chi connectivity index (χ0n) is 13.9. The van der Waals surface area contributed by atoms with E-state index in [9.17, 15) is 4.39 Å². The van der Waals surface area contributed by atoms with Crippen molar-refractivity contribution in [3.8, 4) is 10.4 Å². The van der Waals surface area contributed by atoms with Gasteiger partial charge in [0, 0.05) is 29.2 Å². The maximum atomic E-state index is 13.2. The molecule has 0 saturated carbocycles. The number of fused-ring (bicyclic) bond motifs is 2. The standard InChI is InChI=1S/C19H12FN5S2/c20-13-4-2-12(3-5-13)16-8-15-17(27-16)18(23-11-22-15)26-10-14-9-25-7-1-6-21-19(25)24-14/h1-9,11H,10H2. The molecule has 1 aromatic carbocycles. The van der Waals surface area contributed by atoms with Gasteiger partial charge in [-0.25, -0.2) is 24.3 Å². The number of nitrogens with zero attached hydrogens (tertiary/aromatic N) is 5. The van der Waals surface area contributed by atoms with Crippen molar-refractivity contribution in [3.05, 3.63) is 72.8 Å². The average molecular weight is 393 g/mol. The quantitative estimate of drug-likeness (QED) is 0.323. The van der Waals surface area contributed by atoms with Gasteiger partial charge in [0.15, 0.2) is 0 Å². The fraction of sp³-hybridized carbons (Fsp3) is 0.0526. The number of thioether (sulfide) groups is 1. The Morgan fingerprint density at radius 2 is 2.00 bits per heavy atom. The molecule has 0 fully saturated rings. The van der Waals surface area contributed by atoms with Gasteiger partial charge >= 0.3 is 0 Å². The summed E-state index contributed by atoms with van der Waals surface area (Å²) in [4.78, 5) is 18.6. The second-order valence-corrected chi connectivity index (χ2v) is 7.87. The van der Waals surface area contributed by atoms with Crippen molar-refractivity contribution in [1.82, 2.24) is 24.3 Å². The molecule has 0 amide bonds. The molecule has 0 bridgehead atoms. The first-order valence-corrected chi connectivity index (χ1v) is 9.98. The highest BCUT2D eigenvalue weighted by atomic mass is 32.2. The number of thiophene rings is 1. The Morgan fingerprint density at radius 1 is 1.11 bits per heavy atom. The van der Waals surface area contributed by atoms with E-state index in [0.717, 1.165) is 31.4 Å². The number of rotatable bonds is 4. The molecule has 0 N–H and O–H groups in total. The van der Waals surface area contributed by atoms with Crippen LogP contribution in [0.25, 0.3) is 26.4 Å². The molecule has 27 heavy (non-hydrogen) atoms. The lowest BCUT2D eigenvalue weighted by molar-refractivity contribution is 0.628. The molecule has 5 nitrogen and oxygen atoms in total. The van der Waals surface area contributed by atoms with E-state index in [4.69, 9.17) is 0 Å². The molecule has 132 valence electrons. The molecule has 0 atom stereocenters. The summed E-state index contributed by atoms with van der Waals surface area (Å²) in [5.41, 5.74) is 2.82. The average Bonchev–Trinajstić information content (AvgIpc) is 3.31. The Morgan fingerprint density at radius 3 is 2.85 bits per heavy atom. The lowest BCUT2D eigenvalue weighted by atomic mass is 10.2. The first kappa shape index (κ1) is 16.3. The Labute approximate surface area is 162 Å². The maximum absolute atomic E-state index is 13.2. The summed E-state index contributed by atoms with van der Waals surface area (Å²) in [7, 11) is 0. The van der Waals surface area contributed by atoms with Gasteiger partial charge in [0.1, 0.15) is 17.2 Å². The van der Waals surface area contributed by atoms with Gasteiger partial charge in [-0.15, -0.1) is 11.3 Å². The van der Waals surface area contributed by atoms with Gasteiger partial charge < -0.3 is 0 Å². The van der Waals surface area contributed by atoms with Crippen molar-refractivity contribution in [2.75, 3.05) is 0 Å². The fourth-order valence-electron chi connectivity index (χ4n) is 2.78. The molecule has 4 heterocycles. The monoisotopic (exact) mass is 393 g/mol. The smallest absolute Gasteiger partial charge is 0.233 e. The zero-order valence-corrected chi connectivity index (χ0v) is 15.5. The number of benzene rings is 1. The number of aromatic nitrogens is 5. The van der Waals surface area contributed by atoms with Crippen LogP contribution in [0, 0.1) is 5.82 Å². The van der Waals surface area contributed by atoms with E-state index in [-0.39, 0.29) is 5.82 Å². The molecular formula is C19H12FN5S2. The second kappa shape index (κ2) is 6.71. The number of hydrogen-bond donors (Lipinski definition) is 0. The molecule has 5 rings (SSSR count). The topological polar surface area (TPSA) is 56.0 Å². The van der Waals surface area contributed by atoms with Gasteiger partial charge in [0.2, 0.25) is 5.78 Å². The third-order valence-electron chi connectivity index (χ3n) is 4.05. The molecule has 0 saturated heterocycles. The minimum absolute atomic E-state index is 0.238. The molecule has 5 aromatic rings. The van der Waals surface area contributed by atoms with Crippen molar-refractivity contribution >= 4 is 39.1 Å². The van der Waals surface area contributed by atoms with Crippen LogP contribution in [0.2, 0.25) is 0 Å². The summed E-state index contributed by atoms with van der Waals surface area (Å²) >= 11 is 3.24. The summed E-state index contributed by atoms with van der Waals surface area (Å²) in [5.74, 6) is 1.15. The highest BCUT2D eigenvalue weighted by Gasteiger charge is 2.12. The van der Waals surface area contributed by atoms with Crippen LogP contribution in [0.1, 0.15) is 5.69 Å². The van der Waals surface area contributed by atoms with E-state index in [1.807, 2.05) is 28.9 Å². The SMILES string of the molecule is Fc1ccc(-c2cc3ncnc(SCc4cn5cccnc5n4)c3s2)cc1. The van der Waals surface area contributed by atoms with Gasteiger partial charge in [-0.2, -0.15) is 0 Å². The summed E-state index contributed by atoms with van der Waals surface area (Å²) in [6.45, 7) is 0. The molecule has 0 aliphatic carbocycles. The number of imidazole rings is 1. The molecular weight excluding hydrogens is 381 g/mol. The van der Waals surface area contributed by atoms with E-state index >= 15 is 0 Å². The zero-order chi connectivity index (χ0) is 18.2. The van der Waals surface area contributed by atoms with Crippen molar-refractivity contribution in [1.29, 1.82) is 0 Å². The van der Waals surface area contributed by atoms with Crippen molar-refractivity contribution < 1.29 is 4.39 Å². The number of halogens is 1. The van der Waals surface area contributed by atoms with E-state index in [0.29, 0.717) is 11.5 Å². The second-order valence-electron chi connectivity index (χ2n) is 5.86. The summed E-state index contributed by atoms with van der Waals surface area (Å²) in [5, 5.41) is 0.920. The first-order chi connectivity index (χ1) is 13.3. The van der Waals surface area contributed by atoms with Crippen LogP contribution in [-0.2, 0) is 5.75 Å². The summed E-state index contributed by atoms with van der Waals surface area (Å²) < 4.78 is 16.1. The highest BCUT2D eigenvalue weighted by molar-refractivity contribution is 7.98. The van der Waals surface area contributed by atoms with Crippen LogP contribution in [0.4, 0.5) is 4.39 Å². The third kappa shape index (κ3) is 3.17. The minimum Gasteiger partial charge on any atom is -0.291 e. The van der Waals surface area contributed by atoms with Crippen LogP contribution < -0.4 is 0 Å². The van der Waals surface area contributed by atoms with Crippen molar-refractivity contribution in [3.63, 3.8) is 0 Å². The Kier molecular flexibility index (Phi) is 4.06. The molecule has 8 heteroatoms. The van der Waals surface area contributed by atoms with Gasteiger partial charge in [-0.05, 0) is 29.8 Å². The van der Waals surface area contributed by atoms with Crippen molar-refractivity contribution in [2.45, 2.75) is 10.8 Å². The summed E-state index contributed by atoms with van der Waals surface area (Å²) in [6.07, 6.45) is 7.22. The van der Waals surface area contributed by atoms with E-state index < -0.39 is 0 Å². The van der Waals surface area contributed by atoms with Crippen molar-refractivity contribution in [2.24, 2.45) is 0 Å². The van der Waals surface area contributed by atoms with Crippen LogP contribution in [-0.4, -0.2) is 24.3 Å². The molecule has 4 aromatic heterocycles. The molecule has 0 aliphatic heterocycles. The Bertz CT molecular complexity index is 1210. The van der Waals surface area contributed by atoms with Gasteiger partial charge in [0.25, 0.3) is 0 Å². The van der Waals surface area contributed by atoms with Crippen LogP contribution >= 0.6 is 23.1 Å². The fourth-order valence-corrected chi connectivity index (χ4v) is 4.87. The molecule has 0 unspecified atom stereocenters. The lowest BCUT2D eigenvalue weighted by Gasteiger charge is -1.99. The van der Waals surface area contributed by atoms with E-state index in [1.165, 1.54) is 12.1 Å². The van der Waals surface area contributed by atoms with Gasteiger partial charge in [0.05, 0.1) is 15.9 Å². The normalized spacial score (nSPS) is 11.4. The van der Waals surface area contributed by atoms with Crippen LogP contribution in [0.15, 0.2) is 66.3 Å². The third-order valence-corrected chi connectivity index (χ3v) is 6.38. The predicted octanol–water partition coefficient (Wildman–Crippen LogP) is 4.83. The molecule has 0 radical (unpaired) electrons. The van der Waals surface area contributed by atoms with Gasteiger partial charge in [-0.3, -0.25) is 4.40 Å². The highest BCUT2D eigenvalue weighted by Crippen LogP contribution is 2.37. The van der Waals surface area contributed by atoms with Crippen LogP contribution in [0.5, 0.6) is 0 Å². The van der Waals surface area contributed by atoms with Gasteiger partial charge in [-0.1, -0.05) is 23.9 Å². The molecule has 0 aliphatic rings. The minimum atomic E-state index is -0.238. The Balaban J connectivity index is 1.45.